The molecular formula is C13H7ClF2N2. The van der Waals surface area contributed by atoms with Gasteiger partial charge >= 0.3 is 0 Å². The molecule has 0 heterocycles. The first-order valence-electron chi connectivity index (χ1n) is 5.02. The summed E-state index contributed by atoms with van der Waals surface area (Å²) >= 11 is 5.83. The number of halogens is 3. The lowest BCUT2D eigenvalue weighted by Crippen LogP contribution is -1.96. The highest BCUT2D eigenvalue weighted by molar-refractivity contribution is 6.33. The van der Waals surface area contributed by atoms with Gasteiger partial charge in [0, 0.05) is 5.69 Å². The van der Waals surface area contributed by atoms with Crippen molar-refractivity contribution in [3.05, 3.63) is 58.6 Å². The zero-order valence-electron chi connectivity index (χ0n) is 9.05. The third-order valence-electron chi connectivity index (χ3n) is 2.26. The quantitative estimate of drug-likeness (QED) is 0.881. The molecule has 0 saturated carbocycles. The lowest BCUT2D eigenvalue weighted by atomic mass is 10.2. The van der Waals surface area contributed by atoms with Gasteiger partial charge in [-0.1, -0.05) is 17.7 Å². The smallest absolute Gasteiger partial charge is 0.148 e. The molecule has 0 aliphatic rings. The number of hydrogen-bond donors (Lipinski definition) is 1. The monoisotopic (exact) mass is 264 g/mol. The van der Waals surface area contributed by atoms with Gasteiger partial charge in [-0.15, -0.1) is 0 Å². The summed E-state index contributed by atoms with van der Waals surface area (Å²) in [6.45, 7) is 0. The van der Waals surface area contributed by atoms with Crippen LogP contribution in [0.3, 0.4) is 0 Å². The Labute approximate surface area is 107 Å². The van der Waals surface area contributed by atoms with E-state index in [0.29, 0.717) is 0 Å². The van der Waals surface area contributed by atoms with Crippen LogP contribution in [0, 0.1) is 23.0 Å². The van der Waals surface area contributed by atoms with Gasteiger partial charge in [-0.3, -0.25) is 0 Å². The highest BCUT2D eigenvalue weighted by atomic mass is 35.5. The zero-order chi connectivity index (χ0) is 13.1. The number of nitrogens with one attached hydrogen (secondary N) is 1. The van der Waals surface area contributed by atoms with E-state index in [-0.39, 0.29) is 22.0 Å². The van der Waals surface area contributed by atoms with Gasteiger partial charge in [0.05, 0.1) is 22.3 Å². The topological polar surface area (TPSA) is 35.8 Å². The van der Waals surface area contributed by atoms with Crippen molar-refractivity contribution in [3.8, 4) is 6.07 Å². The van der Waals surface area contributed by atoms with Crippen LogP contribution in [-0.2, 0) is 0 Å². The van der Waals surface area contributed by atoms with Crippen molar-refractivity contribution in [1.82, 2.24) is 0 Å². The summed E-state index contributed by atoms with van der Waals surface area (Å²) in [5.74, 6) is -1.13. The molecular weight excluding hydrogens is 258 g/mol. The first-order valence-corrected chi connectivity index (χ1v) is 5.39. The van der Waals surface area contributed by atoms with Gasteiger partial charge in [0.1, 0.15) is 11.6 Å². The van der Waals surface area contributed by atoms with Crippen molar-refractivity contribution < 1.29 is 8.78 Å². The second kappa shape index (κ2) is 5.03. The maximum atomic E-state index is 13.5. The highest BCUT2D eigenvalue weighted by Crippen LogP contribution is 2.28. The van der Waals surface area contributed by atoms with Crippen molar-refractivity contribution in [2.24, 2.45) is 0 Å². The van der Waals surface area contributed by atoms with Crippen molar-refractivity contribution in [2.45, 2.75) is 0 Å². The summed E-state index contributed by atoms with van der Waals surface area (Å²) in [5.41, 5.74) is 0.456. The Hall–Kier alpha value is -2.12. The number of nitriles is 1. The molecule has 0 spiro atoms. The fraction of sp³-hybridized carbons (Fsp3) is 0. The average Bonchev–Trinajstić information content (AvgIpc) is 2.33. The van der Waals surface area contributed by atoms with Gasteiger partial charge in [-0.25, -0.2) is 8.78 Å². The first kappa shape index (κ1) is 12.3. The van der Waals surface area contributed by atoms with Crippen LogP contribution in [0.4, 0.5) is 20.2 Å². The lowest BCUT2D eigenvalue weighted by molar-refractivity contribution is 0.626. The molecule has 0 radical (unpaired) electrons. The Bertz CT molecular complexity index is 615. The second-order valence-corrected chi connectivity index (χ2v) is 3.97. The molecule has 2 rings (SSSR count). The van der Waals surface area contributed by atoms with E-state index < -0.39 is 11.6 Å². The number of para-hydroxylation sites is 1. The normalized spacial score (nSPS) is 9.89. The Morgan fingerprint density at radius 1 is 1.17 bits per heavy atom. The van der Waals surface area contributed by atoms with Crippen LogP contribution in [0.15, 0.2) is 36.4 Å². The van der Waals surface area contributed by atoms with E-state index >= 15 is 0 Å². The molecule has 0 atom stereocenters. The molecule has 2 aromatic carbocycles. The highest BCUT2D eigenvalue weighted by Gasteiger charge is 2.08. The van der Waals surface area contributed by atoms with Gasteiger partial charge in [0.2, 0.25) is 0 Å². The Balaban J connectivity index is 2.40. The van der Waals surface area contributed by atoms with E-state index in [1.54, 1.807) is 0 Å². The van der Waals surface area contributed by atoms with Gasteiger partial charge in [0.15, 0.2) is 0 Å². The van der Waals surface area contributed by atoms with Crippen LogP contribution in [0.25, 0.3) is 0 Å². The lowest BCUT2D eigenvalue weighted by Gasteiger charge is -2.09. The summed E-state index contributed by atoms with van der Waals surface area (Å²) in [6, 6.07) is 9.69. The van der Waals surface area contributed by atoms with Crippen molar-refractivity contribution in [1.29, 1.82) is 5.26 Å². The number of benzene rings is 2. The molecule has 0 aliphatic carbocycles. The Morgan fingerprint density at radius 2 is 1.94 bits per heavy atom. The van der Waals surface area contributed by atoms with Crippen LogP contribution in [0.1, 0.15) is 5.56 Å². The molecule has 0 bridgehead atoms. The minimum absolute atomic E-state index is 0.0497. The predicted octanol–water partition coefficient (Wildman–Crippen LogP) is 4.23. The molecule has 0 amide bonds. The van der Waals surface area contributed by atoms with Gasteiger partial charge in [-0.2, -0.15) is 5.26 Å². The molecule has 0 fully saturated rings. The largest absolute Gasteiger partial charge is 0.352 e. The summed E-state index contributed by atoms with van der Waals surface area (Å²) in [6.07, 6.45) is 0. The molecule has 90 valence electrons. The SMILES string of the molecule is N#Cc1cc(F)cc(Nc2c(F)cccc2Cl)c1. The van der Waals surface area contributed by atoms with Gasteiger partial charge in [0.25, 0.3) is 0 Å². The summed E-state index contributed by atoms with van der Waals surface area (Å²) in [5, 5.41) is 11.6. The number of rotatable bonds is 2. The molecule has 0 aliphatic heterocycles. The molecule has 1 N–H and O–H groups in total. The van der Waals surface area contributed by atoms with Crippen LogP contribution in [-0.4, -0.2) is 0 Å². The number of anilines is 2. The third kappa shape index (κ3) is 2.58. The Morgan fingerprint density at radius 3 is 2.61 bits per heavy atom. The maximum absolute atomic E-state index is 13.5. The van der Waals surface area contributed by atoms with E-state index in [4.69, 9.17) is 16.9 Å². The first-order chi connectivity index (χ1) is 8.60. The zero-order valence-corrected chi connectivity index (χ0v) is 9.80. The minimum atomic E-state index is -0.580. The fourth-order valence-electron chi connectivity index (χ4n) is 1.49. The van der Waals surface area contributed by atoms with Crippen molar-refractivity contribution in [3.63, 3.8) is 0 Å². The number of hydrogen-bond acceptors (Lipinski definition) is 2. The van der Waals surface area contributed by atoms with E-state index in [2.05, 4.69) is 5.32 Å². The number of nitrogens with zero attached hydrogens (tertiary/aromatic N) is 1. The molecule has 0 saturated heterocycles. The van der Waals surface area contributed by atoms with Crippen LogP contribution >= 0.6 is 11.6 Å². The second-order valence-electron chi connectivity index (χ2n) is 3.56. The van der Waals surface area contributed by atoms with Gasteiger partial charge in [-0.05, 0) is 30.3 Å². The molecule has 2 aromatic rings. The average molecular weight is 265 g/mol. The van der Waals surface area contributed by atoms with Crippen LogP contribution in [0.2, 0.25) is 5.02 Å². The van der Waals surface area contributed by atoms with E-state index in [1.807, 2.05) is 6.07 Å². The van der Waals surface area contributed by atoms with Crippen molar-refractivity contribution in [2.75, 3.05) is 5.32 Å². The minimum Gasteiger partial charge on any atom is -0.352 e. The molecule has 2 nitrogen and oxygen atoms in total. The molecule has 18 heavy (non-hydrogen) atoms. The maximum Gasteiger partial charge on any atom is 0.148 e. The van der Waals surface area contributed by atoms with Crippen LogP contribution in [0.5, 0.6) is 0 Å². The summed E-state index contributed by atoms with van der Waals surface area (Å²) in [4.78, 5) is 0. The Kier molecular flexibility index (Phi) is 3.45. The molecule has 5 heteroatoms. The van der Waals surface area contributed by atoms with Gasteiger partial charge < -0.3 is 5.32 Å². The fourth-order valence-corrected chi connectivity index (χ4v) is 1.70. The van der Waals surface area contributed by atoms with E-state index in [9.17, 15) is 8.78 Å². The standard InChI is InChI=1S/C13H7ClF2N2/c14-11-2-1-3-12(16)13(11)18-10-5-8(7-17)4-9(15)6-10/h1-6,18H. The van der Waals surface area contributed by atoms with E-state index in [0.717, 1.165) is 12.1 Å². The summed E-state index contributed by atoms with van der Waals surface area (Å²) in [7, 11) is 0. The van der Waals surface area contributed by atoms with E-state index in [1.165, 1.54) is 24.3 Å². The van der Waals surface area contributed by atoms with Crippen LogP contribution < -0.4 is 5.32 Å². The summed E-state index contributed by atoms with van der Waals surface area (Å²) < 4.78 is 26.7. The predicted molar refractivity (Wildman–Crippen MR) is 65.8 cm³/mol. The van der Waals surface area contributed by atoms with Crippen molar-refractivity contribution >= 4 is 23.0 Å². The molecule has 0 aromatic heterocycles. The third-order valence-corrected chi connectivity index (χ3v) is 2.57. The molecule has 0 unspecified atom stereocenters.